The Labute approximate surface area is 78.2 Å². The summed E-state index contributed by atoms with van der Waals surface area (Å²) in [7, 11) is 0. The molecule has 1 rings (SSSR count). The van der Waals surface area contributed by atoms with E-state index in [0.29, 0.717) is 11.1 Å². The van der Waals surface area contributed by atoms with Gasteiger partial charge in [0, 0.05) is 3.57 Å². The quantitative estimate of drug-likeness (QED) is 0.665. The molecule has 0 radical (unpaired) electrons. The fraction of sp³-hybridized carbons (Fsp3) is 0. The average molecular weight is 254 g/mol. The van der Waals surface area contributed by atoms with Gasteiger partial charge in [-0.2, -0.15) is 10.5 Å². The SMILES string of the molecule is N#Cc1ccc(C#N)c(I)c1. The van der Waals surface area contributed by atoms with Gasteiger partial charge in [-0.1, -0.05) is 0 Å². The third-order valence-corrected chi connectivity index (χ3v) is 2.11. The van der Waals surface area contributed by atoms with Crippen molar-refractivity contribution in [1.29, 1.82) is 10.5 Å². The van der Waals surface area contributed by atoms with Crippen molar-refractivity contribution in [2.45, 2.75) is 0 Å². The number of benzene rings is 1. The van der Waals surface area contributed by atoms with E-state index in [1.54, 1.807) is 18.2 Å². The van der Waals surface area contributed by atoms with Crippen LogP contribution in [0.5, 0.6) is 0 Å². The fourth-order valence-corrected chi connectivity index (χ4v) is 1.31. The second-order valence-corrected chi connectivity index (χ2v) is 3.08. The topological polar surface area (TPSA) is 47.6 Å². The minimum absolute atomic E-state index is 0.591. The van der Waals surface area contributed by atoms with Gasteiger partial charge < -0.3 is 0 Å². The molecular weight excluding hydrogens is 251 g/mol. The summed E-state index contributed by atoms with van der Waals surface area (Å²) < 4.78 is 0.823. The summed E-state index contributed by atoms with van der Waals surface area (Å²) in [5.74, 6) is 0. The van der Waals surface area contributed by atoms with Gasteiger partial charge >= 0.3 is 0 Å². The van der Waals surface area contributed by atoms with Crippen molar-refractivity contribution in [2.24, 2.45) is 0 Å². The Bertz CT molecular complexity index is 357. The van der Waals surface area contributed by atoms with Crippen LogP contribution in [-0.2, 0) is 0 Å². The molecule has 0 spiro atoms. The second kappa shape index (κ2) is 3.36. The number of hydrogen-bond acceptors (Lipinski definition) is 2. The Balaban J connectivity index is 3.25. The summed E-state index contributed by atoms with van der Waals surface area (Å²) in [5, 5.41) is 17.0. The number of rotatable bonds is 0. The normalized spacial score (nSPS) is 8.27. The first-order chi connectivity index (χ1) is 5.27. The maximum Gasteiger partial charge on any atom is 0.100 e. The number of nitrogens with zero attached hydrogens (tertiary/aromatic N) is 2. The monoisotopic (exact) mass is 254 g/mol. The van der Waals surface area contributed by atoms with Crippen LogP contribution in [0.1, 0.15) is 11.1 Å². The number of halogens is 1. The molecule has 0 saturated carbocycles. The molecule has 3 heteroatoms. The van der Waals surface area contributed by atoms with E-state index < -0.39 is 0 Å². The zero-order valence-corrected chi connectivity index (χ0v) is 7.66. The molecule has 0 bridgehead atoms. The van der Waals surface area contributed by atoms with E-state index in [0.717, 1.165) is 3.57 Å². The average Bonchev–Trinajstić information content (AvgIpc) is 2.04. The predicted molar refractivity (Wildman–Crippen MR) is 48.6 cm³/mol. The molecule has 0 aromatic heterocycles. The Kier molecular flexibility index (Phi) is 2.45. The van der Waals surface area contributed by atoms with E-state index in [4.69, 9.17) is 10.5 Å². The zero-order chi connectivity index (χ0) is 8.27. The van der Waals surface area contributed by atoms with E-state index in [-0.39, 0.29) is 0 Å². The fourth-order valence-electron chi connectivity index (χ4n) is 0.675. The van der Waals surface area contributed by atoms with Crippen LogP contribution in [0, 0.1) is 26.2 Å². The van der Waals surface area contributed by atoms with Gasteiger partial charge in [0.25, 0.3) is 0 Å². The van der Waals surface area contributed by atoms with Gasteiger partial charge in [0.05, 0.1) is 17.2 Å². The molecule has 1 aromatic carbocycles. The minimum atomic E-state index is 0.591. The predicted octanol–water partition coefficient (Wildman–Crippen LogP) is 2.03. The summed E-state index contributed by atoms with van der Waals surface area (Å²) >= 11 is 2.04. The van der Waals surface area contributed by atoms with Crippen LogP contribution in [0.25, 0.3) is 0 Å². The van der Waals surface area contributed by atoms with E-state index in [1.165, 1.54) is 0 Å². The van der Waals surface area contributed by atoms with Crippen molar-refractivity contribution >= 4 is 22.6 Å². The van der Waals surface area contributed by atoms with Crippen LogP contribution < -0.4 is 0 Å². The molecule has 0 aliphatic heterocycles. The van der Waals surface area contributed by atoms with Crippen LogP contribution in [0.15, 0.2) is 18.2 Å². The molecule has 0 atom stereocenters. The molecule has 0 aliphatic rings. The second-order valence-electron chi connectivity index (χ2n) is 1.92. The van der Waals surface area contributed by atoms with E-state index in [9.17, 15) is 0 Å². The minimum Gasteiger partial charge on any atom is -0.192 e. The van der Waals surface area contributed by atoms with Crippen LogP contribution in [-0.4, -0.2) is 0 Å². The van der Waals surface area contributed by atoms with Crippen molar-refractivity contribution < 1.29 is 0 Å². The molecule has 0 aliphatic carbocycles. The summed E-state index contributed by atoms with van der Waals surface area (Å²) in [4.78, 5) is 0. The van der Waals surface area contributed by atoms with Crippen LogP contribution in [0.3, 0.4) is 0 Å². The molecule has 0 amide bonds. The van der Waals surface area contributed by atoms with Gasteiger partial charge in [-0.25, -0.2) is 0 Å². The standard InChI is InChI=1S/C8H3IN2/c9-8-3-6(4-10)1-2-7(8)5-11/h1-3H. The highest BCUT2D eigenvalue weighted by Crippen LogP contribution is 2.12. The summed E-state index contributed by atoms with van der Waals surface area (Å²) in [5.41, 5.74) is 1.21. The van der Waals surface area contributed by atoms with Gasteiger partial charge in [0.2, 0.25) is 0 Å². The van der Waals surface area contributed by atoms with Gasteiger partial charge in [0.15, 0.2) is 0 Å². The first-order valence-electron chi connectivity index (χ1n) is 2.87. The van der Waals surface area contributed by atoms with Crippen LogP contribution >= 0.6 is 22.6 Å². The highest BCUT2D eigenvalue weighted by molar-refractivity contribution is 14.1. The van der Waals surface area contributed by atoms with Crippen molar-refractivity contribution in [3.8, 4) is 12.1 Å². The van der Waals surface area contributed by atoms with Gasteiger partial charge in [-0.3, -0.25) is 0 Å². The van der Waals surface area contributed by atoms with Crippen molar-refractivity contribution in [3.63, 3.8) is 0 Å². The summed E-state index contributed by atoms with van der Waals surface area (Å²) in [6.07, 6.45) is 0. The van der Waals surface area contributed by atoms with Crippen molar-refractivity contribution in [3.05, 3.63) is 32.9 Å². The Morgan fingerprint density at radius 2 is 1.91 bits per heavy atom. The molecule has 11 heavy (non-hydrogen) atoms. The molecule has 0 unspecified atom stereocenters. The highest BCUT2D eigenvalue weighted by atomic mass is 127. The van der Waals surface area contributed by atoms with Crippen LogP contribution in [0.2, 0.25) is 0 Å². The Morgan fingerprint density at radius 1 is 1.18 bits per heavy atom. The maximum absolute atomic E-state index is 8.54. The summed E-state index contributed by atoms with van der Waals surface area (Å²) in [6, 6.07) is 9.02. The largest absolute Gasteiger partial charge is 0.192 e. The van der Waals surface area contributed by atoms with E-state index in [1.807, 2.05) is 34.7 Å². The molecular formula is C8H3IN2. The van der Waals surface area contributed by atoms with Crippen LogP contribution in [0.4, 0.5) is 0 Å². The third-order valence-electron chi connectivity index (χ3n) is 1.22. The maximum atomic E-state index is 8.54. The Hall–Kier alpha value is -1.07. The lowest BCUT2D eigenvalue weighted by atomic mass is 10.2. The first-order valence-corrected chi connectivity index (χ1v) is 3.95. The molecule has 1 aromatic rings. The molecule has 2 nitrogen and oxygen atoms in total. The molecule has 52 valence electrons. The van der Waals surface area contributed by atoms with Crippen molar-refractivity contribution in [1.82, 2.24) is 0 Å². The first kappa shape index (κ1) is 8.03. The smallest absolute Gasteiger partial charge is 0.100 e. The van der Waals surface area contributed by atoms with Gasteiger partial charge in [-0.15, -0.1) is 0 Å². The van der Waals surface area contributed by atoms with Crippen molar-refractivity contribution in [2.75, 3.05) is 0 Å². The molecule has 0 saturated heterocycles. The van der Waals surface area contributed by atoms with Gasteiger partial charge in [-0.05, 0) is 40.8 Å². The lowest BCUT2D eigenvalue weighted by Crippen LogP contribution is -1.82. The molecule has 0 fully saturated rings. The lowest BCUT2D eigenvalue weighted by Gasteiger charge is -1.92. The van der Waals surface area contributed by atoms with Gasteiger partial charge in [0.1, 0.15) is 6.07 Å². The zero-order valence-electron chi connectivity index (χ0n) is 5.50. The highest BCUT2D eigenvalue weighted by Gasteiger charge is 1.98. The lowest BCUT2D eigenvalue weighted by molar-refractivity contribution is 1.43. The van der Waals surface area contributed by atoms with E-state index in [2.05, 4.69) is 0 Å². The molecule has 0 heterocycles. The van der Waals surface area contributed by atoms with E-state index >= 15 is 0 Å². The number of nitriles is 2. The number of hydrogen-bond donors (Lipinski definition) is 0. The Morgan fingerprint density at radius 3 is 2.36 bits per heavy atom. The third kappa shape index (κ3) is 1.69. The summed E-state index contributed by atoms with van der Waals surface area (Å²) in [6.45, 7) is 0. The molecule has 0 N–H and O–H groups in total.